The third-order valence-corrected chi connectivity index (χ3v) is 3.69. The van der Waals surface area contributed by atoms with Gasteiger partial charge in [0.15, 0.2) is 0 Å². The molecule has 0 atom stereocenters. The number of benzene rings is 1. The van der Waals surface area contributed by atoms with E-state index < -0.39 is 0 Å². The molecule has 1 saturated carbocycles. The van der Waals surface area contributed by atoms with Crippen LogP contribution in [0, 0.1) is 0 Å². The molecule has 0 unspecified atom stereocenters. The average molecular weight is 289 g/mol. The molecule has 3 N–H and O–H groups in total. The first-order valence-corrected chi connectivity index (χ1v) is 6.31. The summed E-state index contributed by atoms with van der Waals surface area (Å²) in [6, 6.07) is 6.91. The van der Waals surface area contributed by atoms with Crippen molar-refractivity contribution >= 4 is 29.9 Å². The molecule has 0 aromatic heterocycles. The zero-order chi connectivity index (χ0) is 12.3. The number of carbonyl (C=O) groups excluding carboxylic acids is 1. The van der Waals surface area contributed by atoms with Gasteiger partial charge in [0.2, 0.25) is 0 Å². The highest BCUT2D eigenvalue weighted by atomic mass is 35.5. The predicted molar refractivity (Wildman–Crippen MR) is 76.4 cm³/mol. The van der Waals surface area contributed by atoms with E-state index in [1.54, 1.807) is 24.3 Å². The molecule has 0 bridgehead atoms. The van der Waals surface area contributed by atoms with Crippen LogP contribution < -0.4 is 11.1 Å². The van der Waals surface area contributed by atoms with E-state index in [1.807, 2.05) is 0 Å². The summed E-state index contributed by atoms with van der Waals surface area (Å²) in [5, 5.41) is 3.71. The Balaban J connectivity index is 0.00000162. The molecule has 1 amide bonds. The zero-order valence-corrected chi connectivity index (χ0v) is 11.7. The van der Waals surface area contributed by atoms with Crippen LogP contribution >= 0.6 is 24.0 Å². The van der Waals surface area contributed by atoms with Crippen molar-refractivity contribution in [3.05, 3.63) is 34.9 Å². The third-order valence-electron chi connectivity index (χ3n) is 3.44. The SMILES string of the molecule is Cl.NCC1(NC(=O)c2ccc(Cl)cc2)CCCC1. The molecule has 1 aliphatic rings. The summed E-state index contributed by atoms with van der Waals surface area (Å²) in [6.45, 7) is 0.506. The van der Waals surface area contributed by atoms with Gasteiger partial charge in [0.25, 0.3) is 5.91 Å². The van der Waals surface area contributed by atoms with Gasteiger partial charge in [0.1, 0.15) is 0 Å². The highest BCUT2D eigenvalue weighted by Crippen LogP contribution is 2.28. The van der Waals surface area contributed by atoms with Gasteiger partial charge in [-0.15, -0.1) is 12.4 Å². The van der Waals surface area contributed by atoms with Crippen molar-refractivity contribution in [3.63, 3.8) is 0 Å². The smallest absolute Gasteiger partial charge is 0.251 e. The number of carbonyl (C=O) groups is 1. The fourth-order valence-electron chi connectivity index (χ4n) is 2.35. The topological polar surface area (TPSA) is 55.1 Å². The Morgan fingerprint density at radius 3 is 2.33 bits per heavy atom. The number of hydrogen-bond acceptors (Lipinski definition) is 2. The first kappa shape index (κ1) is 15.3. The van der Waals surface area contributed by atoms with Gasteiger partial charge >= 0.3 is 0 Å². The van der Waals surface area contributed by atoms with Crippen LogP contribution in [0.3, 0.4) is 0 Å². The zero-order valence-electron chi connectivity index (χ0n) is 10.1. The summed E-state index contributed by atoms with van der Waals surface area (Å²) in [4.78, 5) is 12.1. The van der Waals surface area contributed by atoms with Crippen molar-refractivity contribution in [1.82, 2.24) is 5.32 Å². The quantitative estimate of drug-likeness (QED) is 0.899. The molecular formula is C13H18Cl2N2O. The Morgan fingerprint density at radius 1 is 1.28 bits per heavy atom. The highest BCUT2D eigenvalue weighted by Gasteiger charge is 2.33. The van der Waals surface area contributed by atoms with E-state index in [-0.39, 0.29) is 23.9 Å². The van der Waals surface area contributed by atoms with E-state index in [1.165, 1.54) is 0 Å². The summed E-state index contributed by atoms with van der Waals surface area (Å²) in [6.07, 6.45) is 4.22. The van der Waals surface area contributed by atoms with E-state index in [2.05, 4.69) is 5.32 Å². The molecule has 3 nitrogen and oxygen atoms in total. The fraction of sp³-hybridized carbons (Fsp3) is 0.462. The van der Waals surface area contributed by atoms with E-state index in [0.29, 0.717) is 17.1 Å². The molecule has 0 saturated heterocycles. The Hall–Kier alpha value is -0.770. The monoisotopic (exact) mass is 288 g/mol. The molecule has 0 heterocycles. The molecule has 1 aliphatic carbocycles. The van der Waals surface area contributed by atoms with Gasteiger partial charge in [-0.1, -0.05) is 24.4 Å². The van der Waals surface area contributed by atoms with E-state index in [4.69, 9.17) is 17.3 Å². The molecule has 2 rings (SSSR count). The van der Waals surface area contributed by atoms with Crippen LogP contribution in [0.15, 0.2) is 24.3 Å². The average Bonchev–Trinajstić information content (AvgIpc) is 2.79. The number of hydrogen-bond donors (Lipinski definition) is 2. The number of amides is 1. The van der Waals surface area contributed by atoms with Crippen molar-refractivity contribution < 1.29 is 4.79 Å². The van der Waals surface area contributed by atoms with E-state index in [9.17, 15) is 4.79 Å². The molecule has 100 valence electrons. The van der Waals surface area contributed by atoms with E-state index >= 15 is 0 Å². The lowest BCUT2D eigenvalue weighted by molar-refractivity contribution is 0.0903. The van der Waals surface area contributed by atoms with Gasteiger partial charge in [-0.25, -0.2) is 0 Å². The second kappa shape index (κ2) is 6.41. The fourth-order valence-corrected chi connectivity index (χ4v) is 2.47. The van der Waals surface area contributed by atoms with Gasteiger partial charge in [-0.3, -0.25) is 4.79 Å². The van der Waals surface area contributed by atoms with Gasteiger partial charge in [0.05, 0.1) is 5.54 Å². The summed E-state index contributed by atoms with van der Waals surface area (Å²) in [7, 11) is 0. The van der Waals surface area contributed by atoms with Gasteiger partial charge < -0.3 is 11.1 Å². The van der Waals surface area contributed by atoms with Crippen LogP contribution in [-0.4, -0.2) is 18.0 Å². The molecule has 0 spiro atoms. The van der Waals surface area contributed by atoms with Crippen LogP contribution in [-0.2, 0) is 0 Å². The molecular weight excluding hydrogens is 271 g/mol. The number of nitrogens with one attached hydrogen (secondary N) is 1. The van der Waals surface area contributed by atoms with Crippen LogP contribution in [0.4, 0.5) is 0 Å². The number of nitrogens with two attached hydrogens (primary N) is 1. The van der Waals surface area contributed by atoms with Crippen molar-refractivity contribution in [2.75, 3.05) is 6.54 Å². The second-order valence-corrected chi connectivity index (χ2v) is 5.09. The minimum atomic E-state index is -0.198. The maximum absolute atomic E-state index is 12.1. The lowest BCUT2D eigenvalue weighted by atomic mass is 9.97. The molecule has 5 heteroatoms. The van der Waals surface area contributed by atoms with Crippen molar-refractivity contribution in [1.29, 1.82) is 0 Å². The molecule has 1 aromatic rings. The summed E-state index contributed by atoms with van der Waals surface area (Å²) in [5.74, 6) is -0.0611. The standard InChI is InChI=1S/C13H17ClN2O.ClH/c14-11-5-3-10(4-6-11)12(17)16-13(9-15)7-1-2-8-13;/h3-6H,1-2,7-9,15H2,(H,16,17);1H. The normalized spacial score (nSPS) is 17.0. The third kappa shape index (κ3) is 3.37. The Morgan fingerprint density at radius 2 is 1.83 bits per heavy atom. The highest BCUT2D eigenvalue weighted by molar-refractivity contribution is 6.30. The Bertz CT molecular complexity index is 400. The first-order valence-electron chi connectivity index (χ1n) is 5.93. The Labute approximate surface area is 118 Å². The molecule has 1 fully saturated rings. The lowest BCUT2D eigenvalue weighted by Crippen LogP contribution is -2.51. The minimum Gasteiger partial charge on any atom is -0.345 e. The van der Waals surface area contributed by atoms with Crippen LogP contribution in [0.5, 0.6) is 0 Å². The van der Waals surface area contributed by atoms with Gasteiger partial charge in [0, 0.05) is 17.1 Å². The lowest BCUT2D eigenvalue weighted by Gasteiger charge is -2.28. The van der Waals surface area contributed by atoms with Gasteiger partial charge in [-0.05, 0) is 37.1 Å². The summed E-state index contributed by atoms with van der Waals surface area (Å²) < 4.78 is 0. The summed E-state index contributed by atoms with van der Waals surface area (Å²) in [5.41, 5.74) is 6.22. The maximum atomic E-state index is 12.1. The number of halogens is 2. The van der Waals surface area contributed by atoms with Crippen molar-refractivity contribution in [3.8, 4) is 0 Å². The van der Waals surface area contributed by atoms with Crippen LogP contribution in [0.25, 0.3) is 0 Å². The van der Waals surface area contributed by atoms with Crippen molar-refractivity contribution in [2.24, 2.45) is 5.73 Å². The minimum absolute atomic E-state index is 0. The maximum Gasteiger partial charge on any atom is 0.251 e. The van der Waals surface area contributed by atoms with Crippen molar-refractivity contribution in [2.45, 2.75) is 31.2 Å². The summed E-state index contributed by atoms with van der Waals surface area (Å²) >= 11 is 5.79. The van der Waals surface area contributed by atoms with Crippen LogP contribution in [0.1, 0.15) is 36.0 Å². The van der Waals surface area contributed by atoms with E-state index in [0.717, 1.165) is 25.7 Å². The van der Waals surface area contributed by atoms with Crippen LogP contribution in [0.2, 0.25) is 5.02 Å². The molecule has 1 aromatic carbocycles. The molecule has 0 aliphatic heterocycles. The first-order chi connectivity index (χ1) is 8.15. The predicted octanol–water partition coefficient (Wildman–Crippen LogP) is 2.76. The molecule has 18 heavy (non-hydrogen) atoms. The second-order valence-electron chi connectivity index (χ2n) is 4.65. The Kier molecular flexibility index (Phi) is 5.45. The largest absolute Gasteiger partial charge is 0.345 e. The van der Waals surface area contributed by atoms with Gasteiger partial charge in [-0.2, -0.15) is 0 Å². The number of rotatable bonds is 3. The molecule has 0 radical (unpaired) electrons.